The van der Waals surface area contributed by atoms with E-state index in [1.165, 1.54) is 11.3 Å². The molecule has 0 atom stereocenters. The van der Waals surface area contributed by atoms with Crippen molar-refractivity contribution in [2.75, 3.05) is 0 Å². The van der Waals surface area contributed by atoms with Gasteiger partial charge in [-0.1, -0.05) is 11.3 Å². The Bertz CT molecular complexity index is 774. The SMILES string of the molecule is Cc1nn(Cc2nc3cccnc3s2)c(C)c1[N+](=O)[O-]. The zero-order valence-electron chi connectivity index (χ0n) is 10.9. The van der Waals surface area contributed by atoms with E-state index in [4.69, 9.17) is 0 Å². The minimum atomic E-state index is -0.395. The fourth-order valence-electron chi connectivity index (χ4n) is 2.12. The Morgan fingerprint density at radius 3 is 2.90 bits per heavy atom. The Balaban J connectivity index is 1.99. The molecule has 0 aliphatic carbocycles. The van der Waals surface area contributed by atoms with Crippen LogP contribution in [0.1, 0.15) is 16.4 Å². The summed E-state index contributed by atoms with van der Waals surface area (Å²) in [5.74, 6) is 0. The summed E-state index contributed by atoms with van der Waals surface area (Å²) in [6.07, 6.45) is 1.72. The Morgan fingerprint density at radius 1 is 1.45 bits per heavy atom. The molecule has 3 aromatic heterocycles. The van der Waals surface area contributed by atoms with Crippen molar-refractivity contribution in [3.05, 3.63) is 44.8 Å². The molecule has 0 aromatic carbocycles. The first-order valence-electron chi connectivity index (χ1n) is 5.95. The zero-order chi connectivity index (χ0) is 14.3. The highest BCUT2D eigenvalue weighted by Crippen LogP contribution is 2.24. The van der Waals surface area contributed by atoms with Gasteiger partial charge in [-0.2, -0.15) is 5.10 Å². The molecule has 0 unspecified atom stereocenters. The third-order valence-corrected chi connectivity index (χ3v) is 3.99. The molecule has 0 saturated carbocycles. The van der Waals surface area contributed by atoms with Gasteiger partial charge < -0.3 is 0 Å². The number of hydrogen-bond donors (Lipinski definition) is 0. The van der Waals surface area contributed by atoms with Crippen LogP contribution in [0.5, 0.6) is 0 Å². The molecule has 0 saturated heterocycles. The third-order valence-electron chi connectivity index (χ3n) is 3.02. The average Bonchev–Trinajstić information content (AvgIpc) is 2.90. The molecule has 3 heterocycles. The van der Waals surface area contributed by atoms with Gasteiger partial charge in [0.25, 0.3) is 0 Å². The van der Waals surface area contributed by atoms with Crippen LogP contribution < -0.4 is 0 Å². The summed E-state index contributed by atoms with van der Waals surface area (Å²) < 4.78 is 1.62. The largest absolute Gasteiger partial charge is 0.312 e. The normalized spacial score (nSPS) is 11.1. The summed E-state index contributed by atoms with van der Waals surface area (Å²) in [5.41, 5.74) is 1.87. The molecule has 3 aromatic rings. The average molecular weight is 289 g/mol. The highest BCUT2D eigenvalue weighted by Gasteiger charge is 2.22. The monoisotopic (exact) mass is 289 g/mol. The van der Waals surface area contributed by atoms with E-state index >= 15 is 0 Å². The van der Waals surface area contributed by atoms with Crippen LogP contribution >= 0.6 is 11.3 Å². The van der Waals surface area contributed by atoms with E-state index in [2.05, 4.69) is 15.1 Å². The standard InChI is InChI=1S/C12H11N5O2S/c1-7-11(17(18)19)8(2)16(15-7)6-10-14-9-4-3-5-13-12(9)20-10/h3-5H,6H2,1-2H3. The highest BCUT2D eigenvalue weighted by atomic mass is 32.1. The Hall–Kier alpha value is -2.35. The Morgan fingerprint density at radius 2 is 2.25 bits per heavy atom. The Kier molecular flexibility index (Phi) is 2.94. The van der Waals surface area contributed by atoms with Crippen LogP contribution in [0, 0.1) is 24.0 Å². The van der Waals surface area contributed by atoms with Crippen molar-refractivity contribution in [1.29, 1.82) is 0 Å². The molecule has 0 N–H and O–H groups in total. The number of rotatable bonds is 3. The summed E-state index contributed by atoms with van der Waals surface area (Å²) in [6.45, 7) is 3.76. The van der Waals surface area contributed by atoms with Gasteiger partial charge in [-0.3, -0.25) is 14.8 Å². The van der Waals surface area contributed by atoms with Gasteiger partial charge in [0.15, 0.2) is 0 Å². The predicted octanol–water partition coefficient (Wildman–Crippen LogP) is 2.46. The minimum absolute atomic E-state index is 0.0734. The van der Waals surface area contributed by atoms with Crippen LogP contribution in [-0.2, 0) is 6.54 Å². The van der Waals surface area contributed by atoms with Gasteiger partial charge in [0.2, 0.25) is 0 Å². The lowest BCUT2D eigenvalue weighted by Gasteiger charge is -1.99. The lowest BCUT2D eigenvalue weighted by Crippen LogP contribution is -2.04. The molecule has 0 fully saturated rings. The van der Waals surface area contributed by atoms with Crippen molar-refractivity contribution in [2.24, 2.45) is 0 Å². The number of aryl methyl sites for hydroxylation is 1. The van der Waals surface area contributed by atoms with Crippen LogP contribution in [0.25, 0.3) is 10.3 Å². The number of fused-ring (bicyclic) bond motifs is 1. The second-order valence-corrected chi connectivity index (χ2v) is 5.43. The quantitative estimate of drug-likeness (QED) is 0.546. The van der Waals surface area contributed by atoms with Crippen LogP contribution in [0.4, 0.5) is 5.69 Å². The van der Waals surface area contributed by atoms with Crippen LogP contribution in [-0.4, -0.2) is 24.7 Å². The lowest BCUT2D eigenvalue weighted by atomic mass is 10.3. The van der Waals surface area contributed by atoms with Crippen molar-refractivity contribution >= 4 is 27.4 Å². The van der Waals surface area contributed by atoms with E-state index in [0.717, 1.165) is 15.4 Å². The highest BCUT2D eigenvalue weighted by molar-refractivity contribution is 7.18. The maximum atomic E-state index is 11.0. The van der Waals surface area contributed by atoms with Crippen molar-refractivity contribution in [1.82, 2.24) is 19.7 Å². The molecule has 20 heavy (non-hydrogen) atoms. The molecule has 0 aliphatic rings. The van der Waals surface area contributed by atoms with Crippen molar-refractivity contribution in [2.45, 2.75) is 20.4 Å². The second kappa shape index (κ2) is 4.64. The van der Waals surface area contributed by atoms with Crippen molar-refractivity contribution in [3.63, 3.8) is 0 Å². The molecular formula is C12H11N5O2S. The number of hydrogen-bond acceptors (Lipinski definition) is 6. The smallest absolute Gasteiger partial charge is 0.258 e. The first kappa shape index (κ1) is 12.7. The van der Waals surface area contributed by atoms with Crippen LogP contribution in [0.15, 0.2) is 18.3 Å². The van der Waals surface area contributed by atoms with E-state index in [0.29, 0.717) is 17.9 Å². The van der Waals surface area contributed by atoms with Gasteiger partial charge in [-0.05, 0) is 26.0 Å². The summed E-state index contributed by atoms with van der Waals surface area (Å²) in [5, 5.41) is 16.0. The number of nitrogens with zero attached hydrogens (tertiary/aromatic N) is 5. The van der Waals surface area contributed by atoms with Crippen molar-refractivity contribution in [3.8, 4) is 0 Å². The van der Waals surface area contributed by atoms with Gasteiger partial charge in [-0.25, -0.2) is 9.97 Å². The first-order chi connectivity index (χ1) is 9.56. The van der Waals surface area contributed by atoms with Crippen LogP contribution in [0.3, 0.4) is 0 Å². The lowest BCUT2D eigenvalue weighted by molar-refractivity contribution is -0.386. The molecule has 7 nitrogen and oxygen atoms in total. The molecule has 102 valence electrons. The fourth-order valence-corrected chi connectivity index (χ4v) is 3.00. The summed E-state index contributed by atoms with van der Waals surface area (Å²) >= 11 is 1.47. The Labute approximate surface area is 118 Å². The fraction of sp³-hybridized carbons (Fsp3) is 0.250. The molecule has 0 radical (unpaired) electrons. The predicted molar refractivity (Wildman–Crippen MR) is 74.9 cm³/mol. The second-order valence-electron chi connectivity index (χ2n) is 4.37. The number of nitro groups is 1. The maximum Gasteiger partial charge on any atom is 0.312 e. The summed E-state index contributed by atoms with van der Waals surface area (Å²) in [6, 6.07) is 3.73. The molecule has 0 amide bonds. The van der Waals surface area contributed by atoms with E-state index in [1.54, 1.807) is 24.7 Å². The molecule has 3 rings (SSSR count). The number of pyridine rings is 1. The van der Waals surface area contributed by atoms with E-state index in [9.17, 15) is 10.1 Å². The van der Waals surface area contributed by atoms with E-state index in [1.807, 2.05) is 12.1 Å². The molecular weight excluding hydrogens is 278 g/mol. The molecule has 0 bridgehead atoms. The first-order valence-corrected chi connectivity index (χ1v) is 6.76. The van der Waals surface area contributed by atoms with Crippen molar-refractivity contribution < 1.29 is 4.92 Å². The minimum Gasteiger partial charge on any atom is -0.258 e. The third kappa shape index (κ3) is 2.03. The van der Waals surface area contributed by atoms with Gasteiger partial charge in [0.05, 0.1) is 11.5 Å². The van der Waals surface area contributed by atoms with Gasteiger partial charge >= 0.3 is 5.69 Å². The zero-order valence-corrected chi connectivity index (χ0v) is 11.7. The molecule has 0 spiro atoms. The maximum absolute atomic E-state index is 11.0. The van der Waals surface area contributed by atoms with Gasteiger partial charge in [0.1, 0.15) is 26.7 Å². The van der Waals surface area contributed by atoms with Gasteiger partial charge in [0, 0.05) is 6.20 Å². The summed E-state index contributed by atoms with van der Waals surface area (Å²) in [4.78, 5) is 20.1. The number of thiazole rings is 1. The van der Waals surface area contributed by atoms with Gasteiger partial charge in [-0.15, -0.1) is 0 Å². The van der Waals surface area contributed by atoms with Crippen LogP contribution in [0.2, 0.25) is 0 Å². The molecule has 8 heteroatoms. The topological polar surface area (TPSA) is 86.7 Å². The van der Waals surface area contributed by atoms with E-state index < -0.39 is 4.92 Å². The summed E-state index contributed by atoms with van der Waals surface area (Å²) in [7, 11) is 0. The molecule has 0 aliphatic heterocycles. The van der Waals surface area contributed by atoms with E-state index in [-0.39, 0.29) is 5.69 Å². The number of aromatic nitrogens is 4.